The van der Waals surface area contributed by atoms with E-state index in [-0.39, 0.29) is 5.91 Å². The molecule has 0 bridgehead atoms. The maximum absolute atomic E-state index is 12.3. The molecule has 1 fully saturated rings. The van der Waals surface area contributed by atoms with Crippen LogP contribution in [0.15, 0.2) is 33.2 Å². The second kappa shape index (κ2) is 7.94. The van der Waals surface area contributed by atoms with Gasteiger partial charge in [0.2, 0.25) is 5.91 Å². The van der Waals surface area contributed by atoms with Crippen molar-refractivity contribution in [2.45, 2.75) is 26.2 Å². The Bertz CT molecular complexity index is 689. The van der Waals surface area contributed by atoms with Gasteiger partial charge >= 0.3 is 0 Å². The molecular weight excluding hydrogens is 370 g/mol. The Morgan fingerprint density at radius 1 is 1.29 bits per heavy atom. The molecule has 2 heterocycles. The van der Waals surface area contributed by atoms with E-state index in [2.05, 4.69) is 26.2 Å². The summed E-state index contributed by atoms with van der Waals surface area (Å²) in [6.45, 7) is 5.41. The lowest BCUT2D eigenvalue weighted by molar-refractivity contribution is -0.131. The molecule has 1 aromatic carbocycles. The van der Waals surface area contributed by atoms with Crippen LogP contribution in [0.25, 0.3) is 11.3 Å². The van der Waals surface area contributed by atoms with Crippen molar-refractivity contribution in [2.75, 3.05) is 26.2 Å². The van der Waals surface area contributed by atoms with Gasteiger partial charge in [-0.1, -0.05) is 28.1 Å². The van der Waals surface area contributed by atoms with E-state index in [0.717, 1.165) is 54.1 Å². The summed E-state index contributed by atoms with van der Waals surface area (Å²) in [7, 11) is 0. The molecule has 0 aliphatic carbocycles. The van der Waals surface area contributed by atoms with Crippen LogP contribution >= 0.6 is 15.9 Å². The average Bonchev–Trinajstić information content (AvgIpc) is 2.78. The molecule has 1 saturated heterocycles. The third-order valence-electron chi connectivity index (χ3n) is 4.19. The fourth-order valence-electron chi connectivity index (χ4n) is 2.90. The minimum absolute atomic E-state index is 0.180. The Kier molecular flexibility index (Phi) is 5.68. The van der Waals surface area contributed by atoms with Gasteiger partial charge in [-0.05, 0) is 32.0 Å². The highest BCUT2D eigenvalue weighted by Gasteiger charge is 2.17. The van der Waals surface area contributed by atoms with Crippen LogP contribution in [0.3, 0.4) is 0 Å². The van der Waals surface area contributed by atoms with Crippen molar-refractivity contribution in [3.8, 4) is 11.3 Å². The van der Waals surface area contributed by atoms with Crippen molar-refractivity contribution >= 4 is 21.8 Å². The molecule has 0 unspecified atom stereocenters. The Balaban J connectivity index is 1.62. The minimum atomic E-state index is 0.180. The topological polar surface area (TPSA) is 58.4 Å². The van der Waals surface area contributed by atoms with E-state index in [1.54, 1.807) is 0 Å². The predicted molar refractivity (Wildman–Crippen MR) is 96.8 cm³/mol. The monoisotopic (exact) mass is 391 g/mol. The summed E-state index contributed by atoms with van der Waals surface area (Å²) in [6, 6.07) is 7.95. The quantitative estimate of drug-likeness (QED) is 0.869. The highest BCUT2D eigenvalue weighted by atomic mass is 79.9. The maximum atomic E-state index is 12.3. The molecule has 0 atom stereocenters. The fraction of sp³-hybridized carbons (Fsp3) is 0.444. The number of hydrogen-bond acceptors (Lipinski definition) is 4. The van der Waals surface area contributed by atoms with Crippen molar-refractivity contribution in [2.24, 2.45) is 0 Å². The van der Waals surface area contributed by atoms with Gasteiger partial charge < -0.3 is 14.6 Å². The van der Waals surface area contributed by atoms with Gasteiger partial charge in [-0.15, -0.1) is 0 Å². The summed E-state index contributed by atoms with van der Waals surface area (Å²) in [5, 5.41) is 3.31. The van der Waals surface area contributed by atoms with Crippen LogP contribution in [-0.2, 0) is 11.2 Å². The first-order chi connectivity index (χ1) is 11.6. The van der Waals surface area contributed by atoms with Crippen LogP contribution in [0.4, 0.5) is 0 Å². The lowest BCUT2D eigenvalue weighted by atomic mass is 10.1. The number of halogens is 1. The predicted octanol–water partition coefficient (Wildman–Crippen LogP) is 3.17. The van der Waals surface area contributed by atoms with Crippen LogP contribution in [0.5, 0.6) is 0 Å². The minimum Gasteiger partial charge on any atom is -0.440 e. The van der Waals surface area contributed by atoms with Gasteiger partial charge in [-0.2, -0.15) is 0 Å². The Morgan fingerprint density at radius 2 is 2.08 bits per heavy atom. The van der Waals surface area contributed by atoms with E-state index in [4.69, 9.17) is 4.42 Å². The first-order valence-electron chi connectivity index (χ1n) is 8.34. The number of aromatic nitrogens is 1. The van der Waals surface area contributed by atoms with Crippen molar-refractivity contribution in [1.29, 1.82) is 0 Å². The third-order valence-corrected chi connectivity index (χ3v) is 4.72. The van der Waals surface area contributed by atoms with Gasteiger partial charge in [-0.3, -0.25) is 4.79 Å². The summed E-state index contributed by atoms with van der Waals surface area (Å²) in [4.78, 5) is 18.8. The molecule has 0 radical (unpaired) electrons. The van der Waals surface area contributed by atoms with Gasteiger partial charge in [0.05, 0.1) is 5.69 Å². The Morgan fingerprint density at radius 3 is 2.88 bits per heavy atom. The van der Waals surface area contributed by atoms with Crippen molar-refractivity contribution in [3.05, 3.63) is 40.3 Å². The maximum Gasteiger partial charge on any atom is 0.223 e. The van der Waals surface area contributed by atoms with E-state index in [0.29, 0.717) is 18.7 Å². The molecule has 1 aliphatic heterocycles. The molecule has 1 N–H and O–H groups in total. The van der Waals surface area contributed by atoms with Crippen LogP contribution in [0.2, 0.25) is 0 Å². The lowest BCUT2D eigenvalue weighted by Crippen LogP contribution is -2.34. The van der Waals surface area contributed by atoms with E-state index >= 15 is 0 Å². The summed E-state index contributed by atoms with van der Waals surface area (Å²) >= 11 is 3.43. The summed E-state index contributed by atoms with van der Waals surface area (Å²) in [6.07, 6.45) is 2.00. The highest BCUT2D eigenvalue weighted by Crippen LogP contribution is 2.26. The number of oxazole rings is 1. The molecule has 5 nitrogen and oxygen atoms in total. The third kappa shape index (κ3) is 4.24. The molecule has 0 spiro atoms. The zero-order chi connectivity index (χ0) is 16.9. The van der Waals surface area contributed by atoms with E-state index < -0.39 is 0 Å². The molecule has 24 heavy (non-hydrogen) atoms. The Hall–Kier alpha value is -1.66. The van der Waals surface area contributed by atoms with Crippen LogP contribution in [0, 0.1) is 6.92 Å². The first-order valence-corrected chi connectivity index (χ1v) is 9.13. The van der Waals surface area contributed by atoms with E-state index in [9.17, 15) is 4.79 Å². The van der Waals surface area contributed by atoms with Gasteiger partial charge in [0, 0.05) is 42.5 Å². The molecule has 2 aromatic rings. The number of hydrogen-bond donors (Lipinski definition) is 1. The van der Waals surface area contributed by atoms with Crippen molar-refractivity contribution < 1.29 is 9.21 Å². The number of nitrogens with zero attached hydrogens (tertiary/aromatic N) is 2. The lowest BCUT2D eigenvalue weighted by Gasteiger charge is -2.19. The SMILES string of the molecule is Cc1nc(CCC(=O)N2CCCNCC2)oc1-c1ccc(Br)cc1. The molecule has 128 valence electrons. The number of amides is 1. The normalized spacial score (nSPS) is 15.3. The van der Waals surface area contributed by atoms with Gasteiger partial charge in [0.25, 0.3) is 0 Å². The van der Waals surface area contributed by atoms with Crippen LogP contribution < -0.4 is 5.32 Å². The van der Waals surface area contributed by atoms with Gasteiger partial charge in [0.1, 0.15) is 0 Å². The number of benzene rings is 1. The van der Waals surface area contributed by atoms with E-state index in [1.165, 1.54) is 0 Å². The second-order valence-electron chi connectivity index (χ2n) is 6.01. The molecular formula is C18H22BrN3O2. The zero-order valence-corrected chi connectivity index (χ0v) is 15.4. The van der Waals surface area contributed by atoms with Crippen LogP contribution in [-0.4, -0.2) is 42.0 Å². The van der Waals surface area contributed by atoms with Crippen molar-refractivity contribution in [3.63, 3.8) is 0 Å². The molecule has 3 rings (SSSR count). The first kappa shape index (κ1) is 17.2. The van der Waals surface area contributed by atoms with Crippen LogP contribution in [0.1, 0.15) is 24.4 Å². The fourth-order valence-corrected chi connectivity index (χ4v) is 3.16. The molecule has 0 saturated carbocycles. The second-order valence-corrected chi connectivity index (χ2v) is 6.93. The van der Waals surface area contributed by atoms with Crippen molar-refractivity contribution in [1.82, 2.24) is 15.2 Å². The molecule has 6 heteroatoms. The molecule has 1 aromatic heterocycles. The molecule has 1 aliphatic rings. The van der Waals surface area contributed by atoms with Gasteiger partial charge in [-0.25, -0.2) is 4.98 Å². The Labute approximate surface area is 150 Å². The zero-order valence-electron chi connectivity index (χ0n) is 13.8. The number of carbonyl (C=O) groups is 1. The van der Waals surface area contributed by atoms with E-state index in [1.807, 2.05) is 36.1 Å². The number of nitrogens with one attached hydrogen (secondary N) is 1. The standard InChI is InChI=1S/C18H22BrN3O2/c1-13-18(14-3-5-15(19)6-4-14)24-16(21-13)7-8-17(23)22-11-2-9-20-10-12-22/h3-6,20H,2,7-12H2,1H3. The average molecular weight is 392 g/mol. The summed E-state index contributed by atoms with van der Waals surface area (Å²) in [5.41, 5.74) is 1.86. The number of aryl methyl sites for hydroxylation is 2. The van der Waals surface area contributed by atoms with Gasteiger partial charge in [0.15, 0.2) is 11.7 Å². The summed E-state index contributed by atoms with van der Waals surface area (Å²) in [5.74, 6) is 1.59. The number of carbonyl (C=O) groups excluding carboxylic acids is 1. The smallest absolute Gasteiger partial charge is 0.223 e. The highest BCUT2D eigenvalue weighted by molar-refractivity contribution is 9.10. The summed E-state index contributed by atoms with van der Waals surface area (Å²) < 4.78 is 6.92. The largest absolute Gasteiger partial charge is 0.440 e. The number of rotatable bonds is 4. The molecule has 1 amide bonds.